The molecule has 5 heteroatoms. The number of carboxylic acids is 1. The third-order valence-corrected chi connectivity index (χ3v) is 5.29. The molecule has 31 heavy (non-hydrogen) atoms. The number of carbonyl (C=O) groups is 2. The molecular formula is C26H29NO4. The van der Waals surface area contributed by atoms with Gasteiger partial charge in [-0.15, -0.1) is 0 Å². The van der Waals surface area contributed by atoms with Crippen molar-refractivity contribution in [3.8, 4) is 5.75 Å². The monoisotopic (exact) mass is 419 g/mol. The van der Waals surface area contributed by atoms with Crippen molar-refractivity contribution in [3.63, 3.8) is 0 Å². The van der Waals surface area contributed by atoms with Crippen LogP contribution in [0.2, 0.25) is 0 Å². The lowest BCUT2D eigenvalue weighted by molar-refractivity contribution is -0.143. The van der Waals surface area contributed by atoms with Gasteiger partial charge in [-0.2, -0.15) is 0 Å². The lowest BCUT2D eigenvalue weighted by Gasteiger charge is -2.22. The van der Waals surface area contributed by atoms with Gasteiger partial charge in [0.05, 0.1) is 5.56 Å². The number of ether oxygens (including phenoxy) is 1. The number of carboxylic acid groups (broad SMARTS) is 1. The van der Waals surface area contributed by atoms with E-state index in [4.69, 9.17) is 4.74 Å². The molecule has 1 amide bonds. The van der Waals surface area contributed by atoms with E-state index in [2.05, 4.69) is 38.2 Å². The van der Waals surface area contributed by atoms with Crippen molar-refractivity contribution in [1.82, 2.24) is 5.32 Å². The second kappa shape index (κ2) is 8.42. The topological polar surface area (TPSA) is 75.6 Å². The Morgan fingerprint density at radius 1 is 0.903 bits per heavy atom. The van der Waals surface area contributed by atoms with Gasteiger partial charge in [0.25, 0.3) is 5.91 Å². The minimum Gasteiger partial charge on any atom is -0.487 e. The fraction of sp³-hybridized carbons (Fsp3) is 0.308. The van der Waals surface area contributed by atoms with E-state index >= 15 is 0 Å². The van der Waals surface area contributed by atoms with Gasteiger partial charge in [-0.25, -0.2) is 4.79 Å². The SMILES string of the molecule is CC(C)(NC(=O)c1ccc2ccccc2c1OCc1ccc(C(C)(C)C)cc1)C(=O)O. The van der Waals surface area contributed by atoms with Crippen LogP contribution in [0, 0.1) is 0 Å². The highest BCUT2D eigenvalue weighted by Gasteiger charge is 2.30. The highest BCUT2D eigenvalue weighted by Crippen LogP contribution is 2.31. The van der Waals surface area contributed by atoms with Gasteiger partial charge in [0.15, 0.2) is 0 Å². The molecule has 0 unspecified atom stereocenters. The Morgan fingerprint density at radius 3 is 2.16 bits per heavy atom. The summed E-state index contributed by atoms with van der Waals surface area (Å²) >= 11 is 0. The summed E-state index contributed by atoms with van der Waals surface area (Å²) in [5, 5.41) is 13.7. The summed E-state index contributed by atoms with van der Waals surface area (Å²) in [4.78, 5) is 24.4. The van der Waals surface area contributed by atoms with Crippen LogP contribution < -0.4 is 10.1 Å². The van der Waals surface area contributed by atoms with Gasteiger partial charge in [-0.3, -0.25) is 4.79 Å². The quantitative estimate of drug-likeness (QED) is 0.568. The Kier molecular flexibility index (Phi) is 6.07. The van der Waals surface area contributed by atoms with E-state index in [0.717, 1.165) is 16.3 Å². The zero-order chi connectivity index (χ0) is 22.8. The molecule has 3 aromatic carbocycles. The highest BCUT2D eigenvalue weighted by atomic mass is 16.5. The molecule has 3 rings (SSSR count). The maximum Gasteiger partial charge on any atom is 0.328 e. The fourth-order valence-corrected chi connectivity index (χ4v) is 3.24. The van der Waals surface area contributed by atoms with Gasteiger partial charge in [0.2, 0.25) is 0 Å². The Morgan fingerprint density at radius 2 is 1.55 bits per heavy atom. The van der Waals surface area contributed by atoms with Crippen LogP contribution in [0.15, 0.2) is 60.7 Å². The number of aliphatic carboxylic acids is 1. The number of carbonyl (C=O) groups excluding carboxylic acids is 1. The van der Waals surface area contributed by atoms with Gasteiger partial charge < -0.3 is 15.2 Å². The molecule has 0 radical (unpaired) electrons. The molecule has 0 atom stereocenters. The van der Waals surface area contributed by atoms with Crippen LogP contribution in [-0.4, -0.2) is 22.5 Å². The van der Waals surface area contributed by atoms with E-state index in [1.54, 1.807) is 6.07 Å². The Hall–Kier alpha value is -3.34. The first-order valence-electron chi connectivity index (χ1n) is 10.3. The predicted octanol–water partition coefficient (Wildman–Crippen LogP) is 5.31. The molecule has 0 bridgehead atoms. The van der Waals surface area contributed by atoms with Crippen molar-refractivity contribution in [1.29, 1.82) is 0 Å². The van der Waals surface area contributed by atoms with Crippen LogP contribution in [0.25, 0.3) is 10.8 Å². The summed E-state index contributed by atoms with van der Waals surface area (Å²) in [6.07, 6.45) is 0. The largest absolute Gasteiger partial charge is 0.487 e. The lowest BCUT2D eigenvalue weighted by atomic mass is 9.87. The van der Waals surface area contributed by atoms with Gasteiger partial charge >= 0.3 is 5.97 Å². The highest BCUT2D eigenvalue weighted by molar-refractivity contribution is 6.05. The molecule has 0 aromatic heterocycles. The first kappa shape index (κ1) is 22.3. The van der Waals surface area contributed by atoms with Crippen molar-refractivity contribution in [2.24, 2.45) is 0 Å². The van der Waals surface area contributed by atoms with Crippen molar-refractivity contribution in [2.75, 3.05) is 0 Å². The lowest BCUT2D eigenvalue weighted by Crippen LogP contribution is -2.49. The average Bonchev–Trinajstić information content (AvgIpc) is 2.71. The molecule has 0 saturated heterocycles. The van der Waals surface area contributed by atoms with Crippen molar-refractivity contribution in [2.45, 2.75) is 52.2 Å². The minimum atomic E-state index is -1.40. The molecule has 0 aliphatic rings. The van der Waals surface area contributed by atoms with E-state index in [-0.39, 0.29) is 5.41 Å². The number of fused-ring (bicyclic) bond motifs is 1. The van der Waals surface area contributed by atoms with Crippen LogP contribution in [0.3, 0.4) is 0 Å². The molecule has 0 aliphatic heterocycles. The Balaban J connectivity index is 1.93. The number of amides is 1. The summed E-state index contributed by atoms with van der Waals surface area (Å²) in [5.74, 6) is -1.16. The van der Waals surface area contributed by atoms with Crippen LogP contribution in [-0.2, 0) is 16.8 Å². The van der Waals surface area contributed by atoms with Gasteiger partial charge in [-0.1, -0.05) is 75.4 Å². The molecular weight excluding hydrogens is 390 g/mol. The summed E-state index contributed by atoms with van der Waals surface area (Å²) < 4.78 is 6.15. The van der Waals surface area contributed by atoms with Gasteiger partial charge in [0, 0.05) is 5.39 Å². The molecule has 5 nitrogen and oxygen atoms in total. The minimum absolute atomic E-state index is 0.0667. The average molecular weight is 420 g/mol. The van der Waals surface area contributed by atoms with Crippen LogP contribution >= 0.6 is 0 Å². The number of rotatable bonds is 6. The number of benzene rings is 3. The molecule has 162 valence electrons. The van der Waals surface area contributed by atoms with E-state index < -0.39 is 17.4 Å². The second-order valence-corrected chi connectivity index (χ2v) is 9.28. The van der Waals surface area contributed by atoms with Crippen LogP contribution in [0.1, 0.15) is 56.1 Å². The van der Waals surface area contributed by atoms with Gasteiger partial charge in [-0.05, 0) is 41.8 Å². The van der Waals surface area contributed by atoms with Crippen LogP contribution in [0.5, 0.6) is 5.75 Å². The molecule has 0 aliphatic carbocycles. The normalized spacial score (nSPS) is 11.9. The summed E-state index contributed by atoms with van der Waals surface area (Å²) in [7, 11) is 0. The fourth-order valence-electron chi connectivity index (χ4n) is 3.24. The molecule has 0 heterocycles. The third-order valence-electron chi connectivity index (χ3n) is 5.29. The van der Waals surface area contributed by atoms with E-state index in [9.17, 15) is 14.7 Å². The van der Waals surface area contributed by atoms with Crippen LogP contribution in [0.4, 0.5) is 0 Å². The Bertz CT molecular complexity index is 1110. The maximum atomic E-state index is 12.9. The van der Waals surface area contributed by atoms with E-state index in [1.807, 2.05) is 42.5 Å². The standard InChI is InChI=1S/C26H29NO4/c1-25(2,3)19-13-10-17(11-14-19)16-31-22-20-9-7-6-8-18(20)12-15-21(22)23(28)27-26(4,5)24(29)30/h6-15H,16H2,1-5H3,(H,27,28)(H,29,30). The first-order valence-corrected chi connectivity index (χ1v) is 10.3. The number of hydrogen-bond acceptors (Lipinski definition) is 3. The van der Waals surface area contributed by atoms with Crippen molar-refractivity contribution in [3.05, 3.63) is 77.4 Å². The zero-order valence-corrected chi connectivity index (χ0v) is 18.7. The van der Waals surface area contributed by atoms with Crippen molar-refractivity contribution >= 4 is 22.6 Å². The summed E-state index contributed by atoms with van der Waals surface area (Å²) in [6.45, 7) is 9.69. The Labute approximate surface area is 183 Å². The number of hydrogen-bond donors (Lipinski definition) is 2. The zero-order valence-electron chi connectivity index (χ0n) is 18.7. The van der Waals surface area contributed by atoms with E-state index in [0.29, 0.717) is 17.9 Å². The number of nitrogens with one attached hydrogen (secondary N) is 1. The molecule has 3 aromatic rings. The third kappa shape index (κ3) is 5.05. The van der Waals surface area contributed by atoms with Crippen molar-refractivity contribution < 1.29 is 19.4 Å². The summed E-state index contributed by atoms with van der Waals surface area (Å²) in [5.41, 5.74) is 1.19. The maximum absolute atomic E-state index is 12.9. The molecule has 0 fully saturated rings. The predicted molar refractivity (Wildman–Crippen MR) is 123 cm³/mol. The molecule has 0 spiro atoms. The second-order valence-electron chi connectivity index (χ2n) is 9.28. The molecule has 2 N–H and O–H groups in total. The summed E-state index contributed by atoms with van der Waals surface area (Å²) in [6, 6.07) is 19.4. The first-order chi connectivity index (χ1) is 14.5. The smallest absolute Gasteiger partial charge is 0.328 e. The van der Waals surface area contributed by atoms with E-state index in [1.165, 1.54) is 19.4 Å². The molecule has 0 saturated carbocycles. The van der Waals surface area contributed by atoms with Gasteiger partial charge in [0.1, 0.15) is 17.9 Å².